The van der Waals surface area contributed by atoms with E-state index in [2.05, 4.69) is 83.2 Å². The maximum Gasteiger partial charge on any atom is 0.243 e. The Morgan fingerprint density at radius 3 is 1.24 bits per heavy atom. The molecule has 0 radical (unpaired) electrons. The lowest BCUT2D eigenvalue weighted by Gasteiger charge is -2.21. The van der Waals surface area contributed by atoms with Crippen LogP contribution in [0.5, 0.6) is 0 Å². The van der Waals surface area contributed by atoms with Crippen molar-refractivity contribution in [2.45, 2.75) is 225 Å². The zero-order chi connectivity index (χ0) is 52.3. The molecule has 2 unspecified atom stereocenters. The maximum atomic E-state index is 12.7. The summed E-state index contributed by atoms with van der Waals surface area (Å²) in [7, 11) is 0. The SMILES string of the molecule is CCCCCCCC/C=C\CCCCCCCC(=O)NC(CS)C(=O)NCCNC(=O)CCN(CCN)CCC(=O)NCCNC(=O)C(CS)CNC(=O)CCCCCCCCCCCCCCCCC. The van der Waals surface area contributed by atoms with E-state index in [1.54, 1.807) is 0 Å². The third-order valence-electron chi connectivity index (χ3n) is 12.9. The molecule has 14 nitrogen and oxygen atoms in total. The van der Waals surface area contributed by atoms with Gasteiger partial charge < -0.3 is 42.5 Å². The summed E-state index contributed by atoms with van der Waals surface area (Å²) in [6.07, 6.45) is 40.5. The minimum absolute atomic E-state index is 0.0440. The molecule has 0 aliphatic rings. The highest BCUT2D eigenvalue weighted by Crippen LogP contribution is 2.14. The topological polar surface area (TPSA) is 204 Å². The number of thiol groups is 2. The second kappa shape index (κ2) is 52.1. The third-order valence-corrected chi connectivity index (χ3v) is 13.7. The second-order valence-electron chi connectivity index (χ2n) is 19.4. The van der Waals surface area contributed by atoms with Crippen molar-refractivity contribution in [3.63, 3.8) is 0 Å². The van der Waals surface area contributed by atoms with E-state index in [4.69, 9.17) is 5.73 Å². The predicted octanol–water partition coefficient (Wildman–Crippen LogP) is 8.87. The van der Waals surface area contributed by atoms with Crippen molar-refractivity contribution in [2.75, 3.05) is 70.4 Å². The Balaban J connectivity index is 4.07. The predicted molar refractivity (Wildman–Crippen MR) is 302 cm³/mol. The van der Waals surface area contributed by atoms with Crippen molar-refractivity contribution in [1.29, 1.82) is 0 Å². The summed E-state index contributed by atoms with van der Waals surface area (Å²) in [4.78, 5) is 77.4. The first-order chi connectivity index (χ1) is 34.6. The Labute approximate surface area is 443 Å². The third kappa shape index (κ3) is 45.5. The number of allylic oxidation sites excluding steroid dienone is 2. The highest BCUT2D eigenvalue weighted by atomic mass is 32.1. The van der Waals surface area contributed by atoms with Crippen molar-refractivity contribution in [1.82, 2.24) is 36.8 Å². The minimum Gasteiger partial charge on any atom is -0.355 e. The Morgan fingerprint density at radius 2 is 0.817 bits per heavy atom. The van der Waals surface area contributed by atoms with E-state index >= 15 is 0 Å². The van der Waals surface area contributed by atoms with Crippen LogP contribution in [-0.4, -0.2) is 117 Å². The normalized spacial score (nSPS) is 12.2. The fraction of sp³-hybridized carbons (Fsp3) is 0.855. The number of amides is 6. The summed E-state index contributed by atoms with van der Waals surface area (Å²) in [5.41, 5.74) is 5.80. The molecule has 71 heavy (non-hydrogen) atoms. The molecule has 0 spiro atoms. The number of nitrogens with two attached hydrogens (primary N) is 1. The summed E-state index contributed by atoms with van der Waals surface area (Å²) in [6, 6.07) is -0.750. The molecule has 0 aliphatic carbocycles. The molecule has 2 atom stereocenters. The standard InChI is InChI=1S/C55H106N8O6S2/c1-3-5-7-9-11-13-15-17-19-21-23-25-27-29-31-33-50(64)61-45-48(46-70)54(68)59-40-38-57-51(65)35-42-63(44-37-56)43-36-52(66)58-39-41-60-55(69)49(47-71)62-53(67)34-32-30-28-26-24-22-20-18-16-14-12-10-8-6-4-2/h18,20,48-49,70-71H,3-17,19,21-47,56H2,1-2H3,(H,57,65)(H,58,66)(H,59,68)(H,60,69)(H,61,64)(H,62,67)/b20-18-. The Hall–Kier alpha value is -2.82. The molecule has 0 aromatic carbocycles. The number of hydrogen-bond donors (Lipinski definition) is 9. The summed E-state index contributed by atoms with van der Waals surface area (Å²) >= 11 is 8.58. The first-order valence-electron chi connectivity index (χ1n) is 28.6. The van der Waals surface area contributed by atoms with Crippen molar-refractivity contribution < 1.29 is 28.8 Å². The molecule has 6 amide bonds. The number of hydrogen-bond acceptors (Lipinski definition) is 10. The van der Waals surface area contributed by atoms with Crippen LogP contribution in [0.3, 0.4) is 0 Å². The van der Waals surface area contributed by atoms with Crippen molar-refractivity contribution in [3.8, 4) is 0 Å². The van der Waals surface area contributed by atoms with Gasteiger partial charge in [-0.1, -0.05) is 167 Å². The van der Waals surface area contributed by atoms with Gasteiger partial charge in [0.1, 0.15) is 6.04 Å². The summed E-state index contributed by atoms with van der Waals surface area (Å²) in [5, 5.41) is 16.9. The highest BCUT2D eigenvalue weighted by molar-refractivity contribution is 7.80. The lowest BCUT2D eigenvalue weighted by molar-refractivity contribution is -0.128. The molecule has 0 aromatic rings. The van der Waals surface area contributed by atoms with Crippen LogP contribution in [0.2, 0.25) is 0 Å². The Morgan fingerprint density at radius 1 is 0.437 bits per heavy atom. The molecule has 0 rings (SSSR count). The number of carbonyl (C=O) groups excluding carboxylic acids is 6. The fourth-order valence-corrected chi connectivity index (χ4v) is 8.85. The van der Waals surface area contributed by atoms with Crippen molar-refractivity contribution in [2.24, 2.45) is 11.7 Å². The molecule has 0 aromatic heterocycles. The van der Waals surface area contributed by atoms with E-state index in [0.717, 1.165) is 51.4 Å². The van der Waals surface area contributed by atoms with Crippen LogP contribution in [0.4, 0.5) is 0 Å². The van der Waals surface area contributed by atoms with E-state index in [0.29, 0.717) is 44.8 Å². The molecule has 414 valence electrons. The quantitative estimate of drug-likeness (QED) is 0.0163. The largest absolute Gasteiger partial charge is 0.355 e. The van der Waals surface area contributed by atoms with Gasteiger partial charge >= 0.3 is 0 Å². The molecule has 0 saturated heterocycles. The van der Waals surface area contributed by atoms with Gasteiger partial charge in [-0.15, -0.1) is 0 Å². The van der Waals surface area contributed by atoms with Gasteiger partial charge in [-0.05, 0) is 38.5 Å². The molecule has 0 bridgehead atoms. The number of rotatable bonds is 52. The first kappa shape index (κ1) is 68.2. The van der Waals surface area contributed by atoms with E-state index in [1.165, 1.54) is 128 Å². The van der Waals surface area contributed by atoms with Gasteiger partial charge in [0.15, 0.2) is 0 Å². The Bertz CT molecular complexity index is 1360. The minimum atomic E-state index is -0.750. The second-order valence-corrected chi connectivity index (χ2v) is 20.2. The number of nitrogens with one attached hydrogen (secondary N) is 6. The molecular weight excluding hydrogens is 933 g/mol. The smallest absolute Gasteiger partial charge is 0.243 e. The average molecular weight is 1040 g/mol. The van der Waals surface area contributed by atoms with Gasteiger partial charge in [-0.25, -0.2) is 0 Å². The molecule has 0 fully saturated rings. The summed E-state index contributed by atoms with van der Waals surface area (Å²) in [6.45, 7) is 7.37. The summed E-state index contributed by atoms with van der Waals surface area (Å²) in [5.74, 6) is -1.16. The van der Waals surface area contributed by atoms with E-state index in [-0.39, 0.29) is 86.8 Å². The average Bonchev–Trinajstić information content (AvgIpc) is 3.36. The first-order valence-corrected chi connectivity index (χ1v) is 29.8. The molecule has 16 heteroatoms. The van der Waals surface area contributed by atoms with Crippen LogP contribution in [0, 0.1) is 5.92 Å². The highest BCUT2D eigenvalue weighted by Gasteiger charge is 2.20. The molecule has 0 aliphatic heterocycles. The lowest BCUT2D eigenvalue weighted by Crippen LogP contribution is -2.49. The van der Waals surface area contributed by atoms with Crippen molar-refractivity contribution in [3.05, 3.63) is 12.2 Å². The fourth-order valence-electron chi connectivity index (χ4n) is 8.30. The van der Waals surface area contributed by atoms with Gasteiger partial charge in [0.2, 0.25) is 35.4 Å². The van der Waals surface area contributed by atoms with Crippen LogP contribution < -0.4 is 37.6 Å². The van der Waals surface area contributed by atoms with Gasteiger partial charge in [0, 0.05) is 96.1 Å². The maximum absolute atomic E-state index is 12.7. The molecular formula is C55H106N8O6S2. The number of unbranched alkanes of at least 4 members (excludes halogenated alkanes) is 25. The Kier molecular flexibility index (Phi) is 50.0. The van der Waals surface area contributed by atoms with Crippen LogP contribution in [-0.2, 0) is 28.8 Å². The lowest BCUT2D eigenvalue weighted by atomic mass is 10.0. The van der Waals surface area contributed by atoms with Crippen LogP contribution in [0.1, 0.15) is 219 Å². The molecule has 0 saturated carbocycles. The zero-order valence-electron chi connectivity index (χ0n) is 45.1. The number of nitrogens with zero attached hydrogens (tertiary/aromatic N) is 1. The van der Waals surface area contributed by atoms with Gasteiger partial charge in [0.25, 0.3) is 0 Å². The zero-order valence-corrected chi connectivity index (χ0v) is 46.9. The van der Waals surface area contributed by atoms with Gasteiger partial charge in [-0.3, -0.25) is 28.8 Å². The van der Waals surface area contributed by atoms with Gasteiger partial charge in [-0.2, -0.15) is 25.3 Å². The monoisotopic (exact) mass is 1040 g/mol. The van der Waals surface area contributed by atoms with Crippen LogP contribution in [0.15, 0.2) is 12.2 Å². The van der Waals surface area contributed by atoms with E-state index in [9.17, 15) is 28.8 Å². The van der Waals surface area contributed by atoms with Gasteiger partial charge in [0.05, 0.1) is 5.92 Å². The summed E-state index contributed by atoms with van der Waals surface area (Å²) < 4.78 is 0. The van der Waals surface area contributed by atoms with Crippen LogP contribution >= 0.6 is 25.3 Å². The molecule has 0 heterocycles. The number of carbonyl (C=O) groups is 6. The van der Waals surface area contributed by atoms with Crippen LogP contribution in [0.25, 0.3) is 0 Å². The van der Waals surface area contributed by atoms with Crippen molar-refractivity contribution >= 4 is 60.7 Å². The molecule has 8 N–H and O–H groups in total. The van der Waals surface area contributed by atoms with E-state index < -0.39 is 12.0 Å². The van der Waals surface area contributed by atoms with E-state index in [1.807, 2.05) is 4.90 Å².